The number of halogens is 1. The Hall–Kier alpha value is -2.59. The third-order valence-corrected chi connectivity index (χ3v) is 4.35. The summed E-state index contributed by atoms with van der Waals surface area (Å²) in [5, 5.41) is 9.46. The van der Waals surface area contributed by atoms with Crippen LogP contribution in [0, 0.1) is 13.8 Å². The second-order valence-corrected chi connectivity index (χ2v) is 5.75. The van der Waals surface area contributed by atoms with Crippen LogP contribution in [0.5, 0.6) is 5.75 Å². The molecule has 0 radical (unpaired) electrons. The van der Waals surface area contributed by atoms with Gasteiger partial charge in [0.15, 0.2) is 5.76 Å². The number of hydrogen-bond donors (Lipinski definition) is 1. The van der Waals surface area contributed by atoms with Gasteiger partial charge in [-0.15, -0.1) is 0 Å². The van der Waals surface area contributed by atoms with E-state index < -0.39 is 5.97 Å². The Balaban J connectivity index is 1.98. The molecule has 0 atom stereocenters. The second-order valence-electron chi connectivity index (χ2n) is 5.37. The summed E-state index contributed by atoms with van der Waals surface area (Å²) in [7, 11) is 0. The van der Waals surface area contributed by atoms with Crippen LogP contribution in [0.3, 0.4) is 0 Å². The molecule has 0 amide bonds. The Labute approximate surface area is 138 Å². The molecule has 1 heterocycles. The zero-order chi connectivity index (χ0) is 16.7. The van der Waals surface area contributed by atoms with E-state index in [9.17, 15) is 9.59 Å². The minimum atomic E-state index is -0.995. The molecular weight excluding hydrogens is 316 g/mol. The van der Waals surface area contributed by atoms with E-state index in [1.165, 1.54) is 12.1 Å². The van der Waals surface area contributed by atoms with Crippen LogP contribution in [-0.2, 0) is 0 Å². The number of carbonyl (C=O) groups excluding carboxylic acids is 1. The molecule has 116 valence electrons. The normalized spacial score (nSPS) is 14.7. The predicted molar refractivity (Wildman–Crippen MR) is 87.3 cm³/mol. The van der Waals surface area contributed by atoms with E-state index in [0.717, 1.165) is 5.56 Å². The van der Waals surface area contributed by atoms with Crippen molar-refractivity contribution in [2.45, 2.75) is 13.8 Å². The topological polar surface area (TPSA) is 63.6 Å². The minimum Gasteiger partial charge on any atom is -0.478 e. The van der Waals surface area contributed by atoms with Gasteiger partial charge < -0.3 is 9.84 Å². The summed E-state index contributed by atoms with van der Waals surface area (Å²) in [6.45, 7) is 3.65. The molecule has 0 aromatic heterocycles. The molecule has 0 bridgehead atoms. The van der Waals surface area contributed by atoms with Gasteiger partial charge in [-0.2, -0.15) is 0 Å². The van der Waals surface area contributed by atoms with E-state index in [2.05, 4.69) is 0 Å². The van der Waals surface area contributed by atoms with Gasteiger partial charge in [0.05, 0.1) is 11.1 Å². The summed E-state index contributed by atoms with van der Waals surface area (Å²) < 4.78 is 5.65. The molecule has 2 aromatic carbocycles. The maximum Gasteiger partial charge on any atom is 0.335 e. The average molecular weight is 329 g/mol. The van der Waals surface area contributed by atoms with E-state index >= 15 is 0 Å². The molecule has 1 aliphatic rings. The van der Waals surface area contributed by atoms with Gasteiger partial charge in [-0.1, -0.05) is 23.7 Å². The van der Waals surface area contributed by atoms with Gasteiger partial charge in [0.25, 0.3) is 0 Å². The van der Waals surface area contributed by atoms with Gasteiger partial charge in [-0.3, -0.25) is 4.79 Å². The fourth-order valence-electron chi connectivity index (χ4n) is 2.54. The molecule has 0 saturated carbocycles. The number of carboxylic acid groups (broad SMARTS) is 1. The lowest BCUT2D eigenvalue weighted by Crippen LogP contribution is -2.00. The maximum atomic E-state index is 12.5. The molecule has 0 aliphatic carbocycles. The highest BCUT2D eigenvalue weighted by molar-refractivity contribution is 6.33. The largest absolute Gasteiger partial charge is 0.478 e. The highest BCUT2D eigenvalue weighted by Gasteiger charge is 2.30. The molecule has 0 unspecified atom stereocenters. The fourth-order valence-corrected chi connectivity index (χ4v) is 2.69. The first-order valence-electron chi connectivity index (χ1n) is 6.96. The Morgan fingerprint density at radius 2 is 1.87 bits per heavy atom. The summed E-state index contributed by atoms with van der Waals surface area (Å²) >= 11 is 6.20. The molecule has 5 heteroatoms. The number of rotatable bonds is 2. The lowest BCUT2D eigenvalue weighted by molar-refractivity contribution is 0.0696. The quantitative estimate of drug-likeness (QED) is 0.836. The SMILES string of the molecule is Cc1cc2c(c(C)c1Cl)C(=O)C(=Cc1ccc(C(=O)O)cc1)O2. The Kier molecular flexibility index (Phi) is 3.70. The van der Waals surface area contributed by atoms with Crippen molar-refractivity contribution in [3.63, 3.8) is 0 Å². The van der Waals surface area contributed by atoms with Crippen LogP contribution < -0.4 is 4.74 Å². The van der Waals surface area contributed by atoms with Crippen molar-refractivity contribution in [1.29, 1.82) is 0 Å². The number of aromatic carboxylic acids is 1. The Morgan fingerprint density at radius 3 is 2.48 bits per heavy atom. The predicted octanol–water partition coefficient (Wildman–Crippen LogP) is 4.27. The third kappa shape index (κ3) is 2.62. The van der Waals surface area contributed by atoms with Crippen molar-refractivity contribution in [2.75, 3.05) is 0 Å². The van der Waals surface area contributed by atoms with Crippen molar-refractivity contribution in [1.82, 2.24) is 0 Å². The molecule has 0 saturated heterocycles. The van der Waals surface area contributed by atoms with Gasteiger partial charge in [-0.05, 0) is 54.8 Å². The minimum absolute atomic E-state index is 0.187. The standard InChI is InChI=1S/C18H13ClO4/c1-9-7-13-15(10(2)16(9)19)17(20)14(23-13)8-11-3-5-12(6-4-11)18(21)22/h3-8H,1-2H3,(H,21,22). The van der Waals surface area contributed by atoms with Crippen molar-refractivity contribution >= 4 is 29.4 Å². The zero-order valence-electron chi connectivity index (χ0n) is 12.5. The Bertz CT molecular complexity index is 864. The zero-order valence-corrected chi connectivity index (χ0v) is 13.3. The summed E-state index contributed by atoms with van der Waals surface area (Å²) in [5.41, 5.74) is 2.91. The van der Waals surface area contributed by atoms with Crippen molar-refractivity contribution in [2.24, 2.45) is 0 Å². The van der Waals surface area contributed by atoms with Crippen LogP contribution in [0.4, 0.5) is 0 Å². The summed E-state index contributed by atoms with van der Waals surface area (Å²) in [6, 6.07) is 7.96. The van der Waals surface area contributed by atoms with Crippen LogP contribution in [0.25, 0.3) is 6.08 Å². The number of ketones is 1. The molecule has 23 heavy (non-hydrogen) atoms. The van der Waals surface area contributed by atoms with Crippen LogP contribution >= 0.6 is 11.6 Å². The number of benzene rings is 2. The molecule has 2 aromatic rings. The highest BCUT2D eigenvalue weighted by atomic mass is 35.5. The first-order chi connectivity index (χ1) is 10.9. The first kappa shape index (κ1) is 15.3. The maximum absolute atomic E-state index is 12.5. The van der Waals surface area contributed by atoms with E-state index in [-0.39, 0.29) is 17.1 Å². The monoisotopic (exact) mass is 328 g/mol. The van der Waals surface area contributed by atoms with Gasteiger partial charge in [-0.25, -0.2) is 4.79 Å². The lowest BCUT2D eigenvalue weighted by atomic mass is 10.0. The number of allylic oxidation sites excluding steroid dienone is 1. The molecule has 1 aliphatic heterocycles. The lowest BCUT2D eigenvalue weighted by Gasteiger charge is -2.05. The van der Waals surface area contributed by atoms with Crippen molar-refractivity contribution < 1.29 is 19.4 Å². The Morgan fingerprint density at radius 1 is 1.22 bits per heavy atom. The number of fused-ring (bicyclic) bond motifs is 1. The molecular formula is C18H13ClO4. The van der Waals surface area contributed by atoms with Crippen LogP contribution in [0.15, 0.2) is 36.1 Å². The van der Waals surface area contributed by atoms with Crippen molar-refractivity contribution in [3.05, 3.63) is 68.9 Å². The van der Waals surface area contributed by atoms with Gasteiger partial charge in [0, 0.05) is 5.02 Å². The number of ether oxygens (including phenoxy) is 1. The smallest absolute Gasteiger partial charge is 0.335 e. The van der Waals surface area contributed by atoms with Gasteiger partial charge >= 0.3 is 5.97 Å². The molecule has 4 nitrogen and oxygen atoms in total. The first-order valence-corrected chi connectivity index (χ1v) is 7.33. The van der Waals surface area contributed by atoms with E-state index in [1.54, 1.807) is 31.2 Å². The highest BCUT2D eigenvalue weighted by Crippen LogP contribution is 2.39. The molecule has 1 N–H and O–H groups in total. The number of Topliss-reactive ketones (excluding diaryl/α,β-unsaturated/α-hetero) is 1. The number of carboxylic acids is 1. The van der Waals surface area contributed by atoms with Crippen LogP contribution in [0.2, 0.25) is 5.02 Å². The molecule has 0 fully saturated rings. The number of hydrogen-bond acceptors (Lipinski definition) is 3. The molecule has 3 rings (SSSR count). The fraction of sp³-hybridized carbons (Fsp3) is 0.111. The third-order valence-electron chi connectivity index (χ3n) is 3.77. The summed E-state index contributed by atoms with van der Waals surface area (Å²) in [5.74, 6) is -0.511. The van der Waals surface area contributed by atoms with Crippen molar-refractivity contribution in [3.8, 4) is 5.75 Å². The van der Waals surface area contributed by atoms with E-state index in [0.29, 0.717) is 27.5 Å². The van der Waals surface area contributed by atoms with E-state index in [1.807, 2.05) is 6.92 Å². The second kappa shape index (κ2) is 5.56. The van der Waals surface area contributed by atoms with Crippen LogP contribution in [0.1, 0.15) is 37.4 Å². The summed E-state index contributed by atoms with van der Waals surface area (Å²) in [4.78, 5) is 23.4. The molecule has 0 spiro atoms. The number of carbonyl (C=O) groups is 2. The van der Waals surface area contributed by atoms with Crippen LogP contribution in [-0.4, -0.2) is 16.9 Å². The summed E-state index contributed by atoms with van der Waals surface area (Å²) in [6.07, 6.45) is 1.59. The van der Waals surface area contributed by atoms with Gasteiger partial charge in [0.1, 0.15) is 5.75 Å². The van der Waals surface area contributed by atoms with E-state index in [4.69, 9.17) is 21.4 Å². The van der Waals surface area contributed by atoms with Gasteiger partial charge in [0.2, 0.25) is 5.78 Å². The average Bonchev–Trinajstić information content (AvgIpc) is 2.81. The number of aryl methyl sites for hydroxylation is 1.